The molecule has 0 aliphatic carbocycles. The van der Waals surface area contributed by atoms with Crippen molar-refractivity contribution < 1.29 is 33.4 Å². The topological polar surface area (TPSA) is 166 Å². The Morgan fingerprint density at radius 2 is 1.44 bits per heavy atom. The lowest BCUT2D eigenvalue weighted by Gasteiger charge is -2.25. The van der Waals surface area contributed by atoms with Gasteiger partial charge in [0.1, 0.15) is 18.7 Å². The normalized spacial score (nSPS) is 13.1. The number of rotatable bonds is 18. The van der Waals surface area contributed by atoms with Gasteiger partial charge in [-0.2, -0.15) is 0 Å². The van der Waals surface area contributed by atoms with Crippen LogP contribution in [0.1, 0.15) is 71.3 Å². The van der Waals surface area contributed by atoms with Crippen LogP contribution < -0.4 is 21.7 Å². The zero-order valence-corrected chi connectivity index (χ0v) is 23.5. The summed E-state index contributed by atoms with van der Waals surface area (Å²) < 4.78 is 9.80. The molecule has 0 aliphatic rings. The number of methoxy groups -OCH3 is 1. The molecule has 218 valence electrons. The lowest BCUT2D eigenvalue weighted by Crippen LogP contribution is -2.56. The van der Waals surface area contributed by atoms with E-state index in [2.05, 4.69) is 20.7 Å². The number of hydrogen-bond donors (Lipinski definition) is 4. The molecule has 39 heavy (non-hydrogen) atoms. The maximum atomic E-state index is 13.2. The first-order chi connectivity index (χ1) is 18.6. The molecule has 0 saturated heterocycles. The van der Waals surface area contributed by atoms with Crippen molar-refractivity contribution in [2.45, 2.75) is 90.4 Å². The Morgan fingerprint density at radius 1 is 0.846 bits per heavy atom. The Labute approximate surface area is 230 Å². The van der Waals surface area contributed by atoms with Crippen molar-refractivity contribution in [1.82, 2.24) is 16.0 Å². The molecule has 0 bridgehead atoms. The first kappa shape index (κ1) is 33.6. The van der Waals surface area contributed by atoms with E-state index in [1.54, 1.807) is 0 Å². The van der Waals surface area contributed by atoms with E-state index in [0.717, 1.165) is 19.1 Å². The Hall–Kier alpha value is -3.47. The highest BCUT2D eigenvalue weighted by Gasteiger charge is 2.32. The van der Waals surface area contributed by atoms with Crippen LogP contribution >= 0.6 is 0 Å². The molecule has 0 unspecified atom stereocenters. The molecule has 0 saturated carbocycles. The highest BCUT2D eigenvalue weighted by Crippen LogP contribution is 2.10. The average Bonchev–Trinajstić information content (AvgIpc) is 2.92. The Morgan fingerprint density at radius 3 is 2.00 bits per heavy atom. The fourth-order valence-electron chi connectivity index (χ4n) is 3.84. The third kappa shape index (κ3) is 13.2. The molecule has 11 heteroatoms. The molecule has 3 amide bonds. The summed E-state index contributed by atoms with van der Waals surface area (Å²) in [6.45, 7) is 6.12. The summed E-state index contributed by atoms with van der Waals surface area (Å²) in [6.07, 6.45) is 2.69. The van der Waals surface area contributed by atoms with Gasteiger partial charge >= 0.3 is 12.1 Å². The van der Waals surface area contributed by atoms with E-state index in [0.29, 0.717) is 32.2 Å². The third-order valence-electron chi connectivity index (χ3n) is 5.97. The number of unbranched alkanes of at least 4 members (excludes halogenated alkanes) is 2. The van der Waals surface area contributed by atoms with E-state index >= 15 is 0 Å². The summed E-state index contributed by atoms with van der Waals surface area (Å²) in [5.41, 5.74) is 6.40. The summed E-state index contributed by atoms with van der Waals surface area (Å²) in [7, 11) is 1.10. The maximum Gasteiger partial charge on any atom is 0.408 e. The predicted molar refractivity (Wildman–Crippen MR) is 146 cm³/mol. The Bertz CT molecular complexity index is 924. The molecule has 1 rings (SSSR count). The van der Waals surface area contributed by atoms with Crippen LogP contribution in [0.4, 0.5) is 4.79 Å². The molecular weight excluding hydrogens is 504 g/mol. The largest absolute Gasteiger partial charge is 0.463 e. The second-order valence-electron chi connectivity index (χ2n) is 9.79. The molecule has 0 radical (unpaired) electrons. The van der Waals surface area contributed by atoms with Crippen LogP contribution in [0.5, 0.6) is 0 Å². The number of esters is 1. The molecule has 11 nitrogen and oxygen atoms in total. The quantitative estimate of drug-likeness (QED) is 0.123. The zero-order chi connectivity index (χ0) is 29.2. The number of nitrogens with two attached hydrogens (primary N) is 1. The smallest absolute Gasteiger partial charge is 0.408 e. The lowest BCUT2D eigenvalue weighted by molar-refractivity contribution is -0.153. The van der Waals surface area contributed by atoms with Crippen LogP contribution in [-0.4, -0.2) is 61.4 Å². The van der Waals surface area contributed by atoms with Gasteiger partial charge in [0.15, 0.2) is 0 Å². The summed E-state index contributed by atoms with van der Waals surface area (Å²) in [6, 6.07) is 6.11. The zero-order valence-electron chi connectivity index (χ0n) is 23.5. The number of ether oxygens (including phenoxy) is 2. The number of carbonyl (C=O) groups excluding carboxylic acids is 5. The minimum Gasteiger partial charge on any atom is -0.463 e. The van der Waals surface area contributed by atoms with E-state index in [4.69, 9.17) is 10.5 Å². The van der Waals surface area contributed by atoms with E-state index in [1.807, 2.05) is 51.1 Å². The monoisotopic (exact) mass is 548 g/mol. The van der Waals surface area contributed by atoms with E-state index in [9.17, 15) is 24.0 Å². The molecule has 0 heterocycles. The Kier molecular flexibility index (Phi) is 16.1. The second kappa shape index (κ2) is 18.7. The average molecular weight is 549 g/mol. The number of benzene rings is 1. The van der Waals surface area contributed by atoms with Gasteiger partial charge in [0, 0.05) is 0 Å². The minimum atomic E-state index is -1.10. The van der Waals surface area contributed by atoms with Gasteiger partial charge in [-0.25, -0.2) is 9.59 Å². The first-order valence-electron chi connectivity index (χ1n) is 13.5. The van der Waals surface area contributed by atoms with Crippen molar-refractivity contribution in [2.75, 3.05) is 13.7 Å². The minimum absolute atomic E-state index is 0.00119. The van der Waals surface area contributed by atoms with Crippen molar-refractivity contribution in [3.8, 4) is 0 Å². The predicted octanol–water partition coefficient (Wildman–Crippen LogP) is 2.36. The molecule has 0 aromatic heterocycles. The van der Waals surface area contributed by atoms with Crippen LogP contribution in [0, 0.1) is 5.92 Å². The van der Waals surface area contributed by atoms with Gasteiger partial charge in [-0.3, -0.25) is 14.4 Å². The molecule has 0 aliphatic heterocycles. The van der Waals surface area contributed by atoms with Crippen molar-refractivity contribution in [1.29, 1.82) is 0 Å². The second-order valence-corrected chi connectivity index (χ2v) is 9.79. The standard InChI is InChI=1S/C28H44N4O7/c1-5-6-14-22(32-28(37)39-18-20-12-8-7-9-13-20)26(35)30-21(15-10-11-16-29)25(34)31-23(17-19(2)3)24(33)27(36)38-4/h7-9,12-13,19,21-23H,5-6,10-11,14-18,29H2,1-4H3,(H,30,35)(H,31,34)(H,32,37)/t21-,22-,23-/m0/s1. The third-order valence-corrected chi connectivity index (χ3v) is 5.97. The fraction of sp³-hybridized carbons (Fsp3) is 0.607. The lowest BCUT2D eigenvalue weighted by atomic mass is 9.99. The molecule has 1 aromatic carbocycles. The summed E-state index contributed by atoms with van der Waals surface area (Å²) in [4.78, 5) is 63.3. The number of nitrogens with one attached hydrogen (secondary N) is 3. The van der Waals surface area contributed by atoms with Gasteiger partial charge in [0.05, 0.1) is 13.2 Å². The Balaban J connectivity index is 2.97. The van der Waals surface area contributed by atoms with Gasteiger partial charge in [-0.05, 0) is 50.1 Å². The first-order valence-corrected chi connectivity index (χ1v) is 13.5. The highest BCUT2D eigenvalue weighted by atomic mass is 16.5. The van der Waals surface area contributed by atoms with Crippen molar-refractivity contribution in [3.63, 3.8) is 0 Å². The fourth-order valence-corrected chi connectivity index (χ4v) is 3.84. The molecule has 0 spiro atoms. The van der Waals surface area contributed by atoms with Crippen molar-refractivity contribution in [2.24, 2.45) is 11.7 Å². The van der Waals surface area contributed by atoms with Crippen LogP contribution in [0.25, 0.3) is 0 Å². The van der Waals surface area contributed by atoms with Gasteiger partial charge in [-0.1, -0.05) is 63.9 Å². The summed E-state index contributed by atoms with van der Waals surface area (Å²) >= 11 is 0. The van der Waals surface area contributed by atoms with Gasteiger partial charge in [0.2, 0.25) is 11.8 Å². The van der Waals surface area contributed by atoms with Crippen molar-refractivity contribution >= 4 is 29.7 Å². The highest BCUT2D eigenvalue weighted by molar-refractivity contribution is 6.36. The molecule has 0 fully saturated rings. The number of carbonyl (C=O) groups is 5. The van der Waals surface area contributed by atoms with Gasteiger partial charge in [-0.15, -0.1) is 0 Å². The molecule has 5 N–H and O–H groups in total. The molecular formula is C28H44N4O7. The number of alkyl carbamates (subject to hydrolysis) is 1. The van der Waals surface area contributed by atoms with Crippen LogP contribution in [0.15, 0.2) is 30.3 Å². The maximum absolute atomic E-state index is 13.2. The number of Topliss-reactive ketones (excluding diaryl/α,β-unsaturated/α-hetero) is 1. The number of ketones is 1. The number of amides is 3. The van der Waals surface area contributed by atoms with E-state index in [1.165, 1.54) is 0 Å². The van der Waals surface area contributed by atoms with Crippen LogP contribution in [-0.2, 0) is 35.3 Å². The van der Waals surface area contributed by atoms with Crippen LogP contribution in [0.3, 0.4) is 0 Å². The van der Waals surface area contributed by atoms with E-state index < -0.39 is 47.8 Å². The summed E-state index contributed by atoms with van der Waals surface area (Å²) in [5.74, 6) is -3.08. The van der Waals surface area contributed by atoms with Gasteiger partial charge < -0.3 is 31.2 Å². The molecule has 1 aromatic rings. The van der Waals surface area contributed by atoms with Gasteiger partial charge in [0.25, 0.3) is 5.78 Å². The van der Waals surface area contributed by atoms with Crippen LogP contribution in [0.2, 0.25) is 0 Å². The van der Waals surface area contributed by atoms with E-state index in [-0.39, 0.29) is 25.4 Å². The molecule has 3 atom stereocenters. The SMILES string of the molecule is CCCC[C@H](NC(=O)OCc1ccccc1)C(=O)N[C@@H](CCCCN)C(=O)N[C@@H](CC(C)C)C(=O)C(=O)OC. The van der Waals surface area contributed by atoms with Crippen molar-refractivity contribution in [3.05, 3.63) is 35.9 Å². The summed E-state index contributed by atoms with van der Waals surface area (Å²) in [5, 5.41) is 7.93. The number of hydrogen-bond acceptors (Lipinski definition) is 8.